The van der Waals surface area contributed by atoms with E-state index in [0.29, 0.717) is 0 Å². The molecule has 0 amide bonds. The Morgan fingerprint density at radius 1 is 1.20 bits per heavy atom. The zero-order valence-electron chi connectivity index (χ0n) is 8.24. The molecule has 0 unspecified atom stereocenters. The second-order valence-electron chi connectivity index (χ2n) is 3.60. The molecule has 2 nitrogen and oxygen atoms in total. The summed E-state index contributed by atoms with van der Waals surface area (Å²) in [5, 5.41) is 2.45. The lowest BCUT2D eigenvalue weighted by Crippen LogP contribution is -1.87. The summed E-state index contributed by atoms with van der Waals surface area (Å²) in [4.78, 5) is 4.40. The highest BCUT2D eigenvalue weighted by Crippen LogP contribution is 2.28. The first kappa shape index (κ1) is 8.92. The van der Waals surface area contributed by atoms with Crippen LogP contribution in [0.4, 0.5) is 0 Å². The Balaban J connectivity index is 2.64. The van der Waals surface area contributed by atoms with Gasteiger partial charge in [-0.15, -0.1) is 0 Å². The lowest BCUT2D eigenvalue weighted by molar-refractivity contribution is 0.989. The van der Waals surface area contributed by atoms with Crippen molar-refractivity contribution in [1.29, 1.82) is 0 Å². The Morgan fingerprint density at radius 2 is 2.07 bits per heavy atom. The molecular weight excluding hydrogens is 252 g/mol. The van der Waals surface area contributed by atoms with Crippen LogP contribution in [0.15, 0.2) is 41.0 Å². The topological polar surface area (TPSA) is 17.8 Å². The molecule has 0 aliphatic rings. The van der Waals surface area contributed by atoms with Gasteiger partial charge in [-0.25, -0.2) is 4.98 Å². The number of halogens is 1. The van der Waals surface area contributed by atoms with Crippen molar-refractivity contribution < 1.29 is 0 Å². The van der Waals surface area contributed by atoms with E-state index in [-0.39, 0.29) is 0 Å². The third-order valence-corrected chi connectivity index (χ3v) is 3.21. The minimum Gasteiger partial charge on any atom is -0.328 e. The van der Waals surface area contributed by atoms with Gasteiger partial charge in [-0.3, -0.25) is 0 Å². The monoisotopic (exact) mass is 260 g/mol. The molecule has 3 rings (SSSR count). The number of hydrogen-bond acceptors (Lipinski definition) is 1. The fraction of sp³-hybridized carbons (Fsp3) is 0.0833. The van der Waals surface area contributed by atoms with Gasteiger partial charge < -0.3 is 4.57 Å². The second kappa shape index (κ2) is 3.07. The molecular formula is C12H9BrN2. The second-order valence-corrected chi connectivity index (χ2v) is 4.51. The van der Waals surface area contributed by atoms with Gasteiger partial charge in [-0.1, -0.05) is 15.9 Å². The maximum Gasteiger partial charge on any atom is 0.140 e. The summed E-state index contributed by atoms with van der Waals surface area (Å²) in [6.07, 6.45) is 1.83. The smallest absolute Gasteiger partial charge is 0.140 e. The van der Waals surface area contributed by atoms with Crippen LogP contribution in [-0.2, 0) is 7.05 Å². The van der Waals surface area contributed by atoms with Gasteiger partial charge in [0.2, 0.25) is 0 Å². The number of rotatable bonds is 0. The van der Waals surface area contributed by atoms with E-state index in [1.54, 1.807) is 0 Å². The summed E-state index contributed by atoms with van der Waals surface area (Å²) in [5.74, 6) is 0. The zero-order valence-corrected chi connectivity index (χ0v) is 9.82. The van der Waals surface area contributed by atoms with Crippen molar-refractivity contribution in [2.24, 2.45) is 7.05 Å². The van der Waals surface area contributed by atoms with Crippen LogP contribution in [-0.4, -0.2) is 9.55 Å². The van der Waals surface area contributed by atoms with Gasteiger partial charge in [0.05, 0.1) is 5.52 Å². The Morgan fingerprint density at radius 3 is 2.93 bits per heavy atom. The number of pyridine rings is 1. The third kappa shape index (κ3) is 1.20. The van der Waals surface area contributed by atoms with Crippen LogP contribution in [0.25, 0.3) is 21.9 Å². The fourth-order valence-electron chi connectivity index (χ4n) is 2.01. The summed E-state index contributed by atoms with van der Waals surface area (Å²) in [6, 6.07) is 10.4. The van der Waals surface area contributed by atoms with Crippen LogP contribution < -0.4 is 0 Å². The lowest BCUT2D eigenvalue weighted by atomic mass is 10.2. The molecule has 3 aromatic rings. The summed E-state index contributed by atoms with van der Waals surface area (Å²) in [5.41, 5.74) is 2.25. The maximum absolute atomic E-state index is 4.40. The van der Waals surface area contributed by atoms with Crippen LogP contribution in [0.2, 0.25) is 0 Å². The number of aromatic nitrogens is 2. The van der Waals surface area contributed by atoms with Crippen molar-refractivity contribution in [3.63, 3.8) is 0 Å². The first-order valence-electron chi connectivity index (χ1n) is 4.76. The predicted molar refractivity (Wildman–Crippen MR) is 65.9 cm³/mol. The Hall–Kier alpha value is -1.35. The van der Waals surface area contributed by atoms with Crippen LogP contribution in [0, 0.1) is 0 Å². The molecule has 2 aromatic heterocycles. The molecule has 0 bridgehead atoms. The average Bonchev–Trinajstić information content (AvgIpc) is 2.54. The molecule has 74 valence electrons. The molecule has 0 spiro atoms. The Labute approximate surface area is 95.7 Å². The number of hydrogen-bond donors (Lipinski definition) is 0. The molecule has 0 radical (unpaired) electrons. The molecule has 0 aliphatic carbocycles. The number of benzene rings is 1. The standard InChI is InChI=1S/C12H9BrN2/c1-15-11-5-4-8(13)7-10(11)9-3-2-6-14-12(9)15/h2-7H,1H3. The minimum absolute atomic E-state index is 1.03. The van der Waals surface area contributed by atoms with Crippen LogP contribution in [0.3, 0.4) is 0 Å². The Bertz CT molecular complexity index is 655. The van der Waals surface area contributed by atoms with Crippen molar-refractivity contribution >= 4 is 37.9 Å². The van der Waals surface area contributed by atoms with Gasteiger partial charge in [0, 0.05) is 28.5 Å². The molecule has 1 aromatic carbocycles. The van der Waals surface area contributed by atoms with Crippen LogP contribution >= 0.6 is 15.9 Å². The summed E-state index contributed by atoms with van der Waals surface area (Å²) in [7, 11) is 2.05. The molecule has 0 fully saturated rings. The van der Waals surface area contributed by atoms with Gasteiger partial charge in [0.15, 0.2) is 0 Å². The Kier molecular flexibility index (Phi) is 1.83. The van der Waals surface area contributed by atoms with Gasteiger partial charge in [0.1, 0.15) is 5.65 Å². The van der Waals surface area contributed by atoms with Gasteiger partial charge in [-0.05, 0) is 30.3 Å². The molecule has 0 aliphatic heterocycles. The van der Waals surface area contributed by atoms with Crippen molar-refractivity contribution in [3.05, 3.63) is 41.0 Å². The first-order chi connectivity index (χ1) is 7.27. The summed E-state index contributed by atoms with van der Waals surface area (Å²) < 4.78 is 3.23. The van der Waals surface area contributed by atoms with E-state index in [1.807, 2.05) is 19.3 Å². The average molecular weight is 261 g/mol. The van der Waals surface area contributed by atoms with Gasteiger partial charge in [-0.2, -0.15) is 0 Å². The molecule has 0 saturated carbocycles. The minimum atomic E-state index is 1.03. The van der Waals surface area contributed by atoms with E-state index >= 15 is 0 Å². The highest BCUT2D eigenvalue weighted by molar-refractivity contribution is 9.10. The zero-order chi connectivity index (χ0) is 10.4. The number of nitrogens with zero attached hydrogens (tertiary/aromatic N) is 2. The molecule has 2 heterocycles. The van der Waals surface area contributed by atoms with E-state index in [1.165, 1.54) is 16.3 Å². The summed E-state index contributed by atoms with van der Waals surface area (Å²) >= 11 is 3.50. The van der Waals surface area contributed by atoms with E-state index in [0.717, 1.165) is 10.1 Å². The molecule has 0 N–H and O–H groups in total. The van der Waals surface area contributed by atoms with Crippen molar-refractivity contribution in [3.8, 4) is 0 Å². The number of aryl methyl sites for hydroxylation is 1. The van der Waals surface area contributed by atoms with Crippen molar-refractivity contribution in [1.82, 2.24) is 9.55 Å². The fourth-order valence-corrected chi connectivity index (χ4v) is 2.37. The van der Waals surface area contributed by atoms with Crippen molar-refractivity contribution in [2.45, 2.75) is 0 Å². The van der Waals surface area contributed by atoms with E-state index in [9.17, 15) is 0 Å². The number of fused-ring (bicyclic) bond motifs is 3. The van der Waals surface area contributed by atoms with Crippen LogP contribution in [0.1, 0.15) is 0 Å². The molecule has 0 saturated heterocycles. The van der Waals surface area contributed by atoms with E-state index in [4.69, 9.17) is 0 Å². The molecule has 15 heavy (non-hydrogen) atoms. The quantitative estimate of drug-likeness (QED) is 0.605. The van der Waals surface area contributed by atoms with Crippen molar-refractivity contribution in [2.75, 3.05) is 0 Å². The normalized spacial score (nSPS) is 11.3. The van der Waals surface area contributed by atoms with E-state index < -0.39 is 0 Å². The predicted octanol–water partition coefficient (Wildman–Crippen LogP) is 3.49. The van der Waals surface area contributed by atoms with Gasteiger partial charge in [0.25, 0.3) is 0 Å². The third-order valence-electron chi connectivity index (χ3n) is 2.71. The van der Waals surface area contributed by atoms with E-state index in [2.05, 4.69) is 49.7 Å². The van der Waals surface area contributed by atoms with Gasteiger partial charge >= 0.3 is 0 Å². The largest absolute Gasteiger partial charge is 0.328 e. The highest BCUT2D eigenvalue weighted by Gasteiger charge is 2.07. The molecule has 0 atom stereocenters. The van der Waals surface area contributed by atoms with Crippen LogP contribution in [0.5, 0.6) is 0 Å². The maximum atomic E-state index is 4.40. The SMILES string of the molecule is Cn1c2ccc(Br)cc2c2cccnc21. The highest BCUT2D eigenvalue weighted by atomic mass is 79.9. The lowest BCUT2D eigenvalue weighted by Gasteiger charge is -1.95. The first-order valence-corrected chi connectivity index (χ1v) is 5.55. The summed E-state index contributed by atoms with van der Waals surface area (Å²) in [6.45, 7) is 0. The molecule has 3 heteroatoms.